The van der Waals surface area contributed by atoms with E-state index in [0.717, 1.165) is 74.2 Å². The summed E-state index contributed by atoms with van der Waals surface area (Å²) in [6.45, 7) is 6.44. The van der Waals surface area contributed by atoms with E-state index < -0.39 is 10.8 Å². The van der Waals surface area contributed by atoms with Gasteiger partial charge < -0.3 is 15.1 Å². The zero-order valence-electron chi connectivity index (χ0n) is 21.9. The van der Waals surface area contributed by atoms with Crippen molar-refractivity contribution in [1.29, 1.82) is 5.26 Å². The van der Waals surface area contributed by atoms with Crippen LogP contribution in [0.4, 0.5) is 17.5 Å². The predicted octanol–water partition coefficient (Wildman–Crippen LogP) is 2.64. The monoisotopic (exact) mass is 530 g/mol. The second-order valence-corrected chi connectivity index (χ2v) is 13.1. The molecule has 0 radical (unpaired) electrons. The van der Waals surface area contributed by atoms with Gasteiger partial charge in [0.05, 0.1) is 28.6 Å². The number of nitrogens with one attached hydrogen (secondary N) is 2. The number of fused-ring (bicyclic) bond motifs is 3. The summed E-state index contributed by atoms with van der Waals surface area (Å²) in [5, 5.41) is 15.2. The normalized spacial score (nSPS) is 26.6. The maximum Gasteiger partial charge on any atom is 0.227 e. The van der Waals surface area contributed by atoms with E-state index in [0.29, 0.717) is 30.0 Å². The van der Waals surface area contributed by atoms with Crippen molar-refractivity contribution in [3.05, 3.63) is 35.0 Å². The molecular formula is C28H34N8OS. The quantitative estimate of drug-likeness (QED) is 0.254. The predicted molar refractivity (Wildman–Crippen MR) is 149 cm³/mol. The summed E-state index contributed by atoms with van der Waals surface area (Å²) in [4.78, 5) is 20.3. The van der Waals surface area contributed by atoms with Crippen molar-refractivity contribution < 1.29 is 4.21 Å². The van der Waals surface area contributed by atoms with Gasteiger partial charge in [0.1, 0.15) is 16.5 Å². The highest BCUT2D eigenvalue weighted by molar-refractivity contribution is 7.85. The molecule has 0 spiro atoms. The molecule has 10 heteroatoms. The van der Waals surface area contributed by atoms with Crippen LogP contribution < -0.4 is 20.4 Å². The van der Waals surface area contributed by atoms with Gasteiger partial charge in [0.2, 0.25) is 5.95 Å². The third kappa shape index (κ3) is 4.12. The lowest BCUT2D eigenvalue weighted by Gasteiger charge is -2.42. The Hall–Kier alpha value is -3.19. The molecule has 0 amide bonds. The lowest BCUT2D eigenvalue weighted by Crippen LogP contribution is -2.48. The number of hydrogen-bond donors (Lipinski definition) is 2. The highest BCUT2D eigenvalue weighted by Crippen LogP contribution is 2.41. The number of anilines is 3. The van der Waals surface area contributed by atoms with Crippen molar-refractivity contribution >= 4 is 34.1 Å². The van der Waals surface area contributed by atoms with Crippen LogP contribution in [0.5, 0.6) is 0 Å². The molecule has 2 aliphatic carbocycles. The molecule has 0 bridgehead atoms. The molecule has 2 unspecified atom stereocenters. The maximum atomic E-state index is 12.9. The van der Waals surface area contributed by atoms with Gasteiger partial charge in [-0.25, -0.2) is 4.98 Å². The first-order valence-corrected chi connectivity index (χ1v) is 15.2. The van der Waals surface area contributed by atoms with Gasteiger partial charge in [-0.15, -0.1) is 0 Å². The number of amidine groups is 1. The zero-order valence-corrected chi connectivity index (χ0v) is 22.7. The number of aromatic nitrogens is 2. The van der Waals surface area contributed by atoms with Crippen LogP contribution in [0.15, 0.2) is 28.1 Å². The van der Waals surface area contributed by atoms with E-state index in [9.17, 15) is 4.21 Å². The minimum Gasteiger partial charge on any atom is -0.371 e. The summed E-state index contributed by atoms with van der Waals surface area (Å²) >= 11 is 0. The molecule has 5 aliphatic rings. The molecule has 3 aliphatic heterocycles. The first kappa shape index (κ1) is 23.9. The van der Waals surface area contributed by atoms with Crippen molar-refractivity contribution in [2.45, 2.75) is 55.9 Å². The first-order valence-electron chi connectivity index (χ1n) is 13.9. The van der Waals surface area contributed by atoms with Crippen LogP contribution in [0.25, 0.3) is 0 Å². The molecular weight excluding hydrogens is 496 g/mol. The number of aryl methyl sites for hydroxylation is 3. The summed E-state index contributed by atoms with van der Waals surface area (Å²) < 4.78 is 12.9. The van der Waals surface area contributed by atoms with Crippen LogP contribution in [-0.4, -0.2) is 64.0 Å². The first-order chi connectivity index (χ1) is 18.5. The lowest BCUT2D eigenvalue weighted by molar-refractivity contribution is 0.286. The third-order valence-corrected chi connectivity index (χ3v) is 10.7. The van der Waals surface area contributed by atoms with Crippen molar-refractivity contribution in [2.75, 3.05) is 53.6 Å². The standard InChI is InChI=1S/C28H34N8OS/c1-18(31-17-29)30-16-28(8-2-9-28)34-26-25-24(7-10-38(25)37)32-27(33-26)36-14-21-12-35(13-22(21)15-36)23-6-5-19-3-4-20(19)11-23/h5-6,11,21-22H,2-4,7-10,12-16H2,1H3,(H,30,31)(H,32,33,34)/t21?,22?,38-/m0/s1. The SMILES string of the molecule is CC(=NCC1(Nc2nc(N3CC4CN(c5ccc6c(c5)CC6)CC4C3)nc3c2[S@@](=O)CC3)CCC1)NC#N. The fraction of sp³-hybridized carbons (Fsp3) is 0.571. The van der Waals surface area contributed by atoms with E-state index in [2.05, 4.69) is 43.6 Å². The third-order valence-electron chi connectivity index (χ3n) is 9.21. The van der Waals surface area contributed by atoms with Gasteiger partial charge in [-0.05, 0) is 62.3 Å². The topological polar surface area (TPSA) is 110 Å². The van der Waals surface area contributed by atoms with E-state index in [1.165, 1.54) is 29.7 Å². The van der Waals surface area contributed by atoms with Crippen LogP contribution in [0.2, 0.25) is 0 Å². The average molecular weight is 531 g/mol. The van der Waals surface area contributed by atoms with Gasteiger partial charge in [0.25, 0.3) is 0 Å². The molecule has 1 aromatic carbocycles. The fourth-order valence-electron chi connectivity index (χ4n) is 6.72. The molecule has 2 aromatic rings. The minimum absolute atomic E-state index is 0.219. The fourth-order valence-corrected chi connectivity index (χ4v) is 8.03. The maximum absolute atomic E-state index is 12.9. The second-order valence-electron chi connectivity index (χ2n) is 11.6. The van der Waals surface area contributed by atoms with Crippen molar-refractivity contribution in [3.8, 4) is 6.19 Å². The Bertz CT molecular complexity index is 1370. The Kier molecular flexibility index (Phi) is 5.80. The van der Waals surface area contributed by atoms with Gasteiger partial charge in [-0.1, -0.05) is 6.07 Å². The Labute approximate surface area is 226 Å². The minimum atomic E-state index is -1.08. The van der Waals surface area contributed by atoms with Gasteiger partial charge >= 0.3 is 0 Å². The molecule has 3 atom stereocenters. The average Bonchev–Trinajstić information content (AvgIpc) is 3.55. The van der Waals surface area contributed by atoms with Crippen molar-refractivity contribution in [3.63, 3.8) is 0 Å². The summed E-state index contributed by atoms with van der Waals surface area (Å²) in [5.41, 5.74) is 5.13. The molecule has 198 valence electrons. The highest BCUT2D eigenvalue weighted by atomic mass is 32.2. The number of nitriles is 1. The zero-order chi connectivity index (χ0) is 25.9. The molecule has 2 N–H and O–H groups in total. The number of aliphatic imine (C=N–C) groups is 1. The van der Waals surface area contributed by atoms with E-state index in [1.807, 2.05) is 6.19 Å². The van der Waals surface area contributed by atoms with Crippen molar-refractivity contribution in [1.82, 2.24) is 15.3 Å². The summed E-state index contributed by atoms with van der Waals surface area (Å²) in [7, 11) is -1.08. The van der Waals surface area contributed by atoms with Crippen LogP contribution in [0.1, 0.15) is 43.0 Å². The van der Waals surface area contributed by atoms with E-state index >= 15 is 0 Å². The molecule has 1 saturated carbocycles. The van der Waals surface area contributed by atoms with Crippen LogP contribution >= 0.6 is 0 Å². The smallest absolute Gasteiger partial charge is 0.227 e. The van der Waals surface area contributed by atoms with Gasteiger partial charge in [0, 0.05) is 55.9 Å². The summed E-state index contributed by atoms with van der Waals surface area (Å²) in [6, 6.07) is 7.02. The van der Waals surface area contributed by atoms with Crippen LogP contribution in [-0.2, 0) is 30.1 Å². The summed E-state index contributed by atoms with van der Waals surface area (Å²) in [6.07, 6.45) is 8.18. The largest absolute Gasteiger partial charge is 0.371 e. The second kappa shape index (κ2) is 9.23. The highest BCUT2D eigenvalue weighted by Gasteiger charge is 2.43. The van der Waals surface area contributed by atoms with E-state index in [-0.39, 0.29) is 5.54 Å². The van der Waals surface area contributed by atoms with Crippen LogP contribution in [0.3, 0.4) is 0 Å². The number of rotatable bonds is 6. The van der Waals surface area contributed by atoms with E-state index in [4.69, 9.17) is 15.2 Å². The molecule has 9 nitrogen and oxygen atoms in total. The molecule has 2 saturated heterocycles. The molecule has 3 fully saturated rings. The lowest BCUT2D eigenvalue weighted by atomic mass is 9.76. The molecule has 1 aromatic heterocycles. The van der Waals surface area contributed by atoms with Gasteiger partial charge in [-0.2, -0.15) is 10.2 Å². The Morgan fingerprint density at radius 2 is 1.89 bits per heavy atom. The van der Waals surface area contributed by atoms with Gasteiger partial charge in [0.15, 0.2) is 6.19 Å². The number of benzene rings is 1. The molecule has 7 rings (SSSR count). The Morgan fingerprint density at radius 1 is 1.13 bits per heavy atom. The molecule has 38 heavy (non-hydrogen) atoms. The van der Waals surface area contributed by atoms with Crippen LogP contribution in [0, 0.1) is 23.3 Å². The number of hydrogen-bond acceptors (Lipinski definition) is 8. The Morgan fingerprint density at radius 3 is 2.55 bits per heavy atom. The molecule has 4 heterocycles. The van der Waals surface area contributed by atoms with Crippen molar-refractivity contribution in [2.24, 2.45) is 16.8 Å². The van der Waals surface area contributed by atoms with Gasteiger partial charge in [-0.3, -0.25) is 14.5 Å². The summed E-state index contributed by atoms with van der Waals surface area (Å²) in [5.74, 6) is 3.92. The van der Waals surface area contributed by atoms with E-state index in [1.54, 1.807) is 6.92 Å². The number of nitrogens with zero attached hydrogens (tertiary/aromatic N) is 6. The Balaban J connectivity index is 1.10.